The van der Waals surface area contributed by atoms with Gasteiger partial charge in [-0.2, -0.15) is 0 Å². The lowest BCUT2D eigenvalue weighted by molar-refractivity contribution is -0.115. The first-order valence-electron chi connectivity index (χ1n) is 8.67. The number of carbonyl (C=O) groups excluding carboxylic acids is 1. The predicted molar refractivity (Wildman–Crippen MR) is 107 cm³/mol. The van der Waals surface area contributed by atoms with Gasteiger partial charge in [-0.25, -0.2) is 0 Å². The molecule has 146 valence electrons. The van der Waals surface area contributed by atoms with Gasteiger partial charge < -0.3 is 19.2 Å². The van der Waals surface area contributed by atoms with E-state index in [1.165, 1.54) is 11.8 Å². The van der Waals surface area contributed by atoms with E-state index in [9.17, 15) is 4.79 Å². The molecule has 0 saturated carbocycles. The lowest BCUT2D eigenvalue weighted by atomic mass is 10.2. The van der Waals surface area contributed by atoms with Crippen LogP contribution in [0.2, 0.25) is 0 Å². The van der Waals surface area contributed by atoms with Crippen LogP contribution in [0.5, 0.6) is 11.5 Å². The highest BCUT2D eigenvalue weighted by molar-refractivity contribution is 8.00. The number of methoxy groups -OCH3 is 1. The molecule has 7 nitrogen and oxygen atoms in total. The summed E-state index contributed by atoms with van der Waals surface area (Å²) >= 11 is 1.18. The van der Waals surface area contributed by atoms with Crippen molar-refractivity contribution in [3.05, 3.63) is 60.0 Å². The zero-order valence-corrected chi connectivity index (χ0v) is 16.7. The molecular weight excluding hydrogens is 378 g/mol. The van der Waals surface area contributed by atoms with Crippen LogP contribution in [-0.4, -0.2) is 28.5 Å². The Balaban J connectivity index is 1.54. The summed E-state index contributed by atoms with van der Waals surface area (Å²) in [5.41, 5.74) is 1.72. The minimum atomic E-state index is -0.434. The second-order valence-corrected chi connectivity index (χ2v) is 7.31. The van der Waals surface area contributed by atoms with Gasteiger partial charge in [0.1, 0.15) is 11.5 Å². The highest BCUT2D eigenvalue weighted by Gasteiger charge is 2.19. The third kappa shape index (κ3) is 5.26. The number of para-hydroxylation sites is 2. The maximum Gasteiger partial charge on any atom is 0.277 e. The number of carbonyl (C=O) groups is 1. The molecule has 0 radical (unpaired) electrons. The Morgan fingerprint density at radius 1 is 1.21 bits per heavy atom. The molecule has 0 aliphatic rings. The molecule has 0 fully saturated rings. The van der Waals surface area contributed by atoms with Gasteiger partial charge in [-0.05, 0) is 43.7 Å². The third-order valence-corrected chi connectivity index (χ3v) is 4.75. The normalized spacial score (nSPS) is 11.7. The van der Waals surface area contributed by atoms with Gasteiger partial charge in [0.15, 0.2) is 6.61 Å². The van der Waals surface area contributed by atoms with Gasteiger partial charge in [0.25, 0.3) is 11.1 Å². The standard InChI is InChI=1S/C20H21N3O4S/c1-13-7-6-8-15(11-13)26-12-18-22-23-20(27-18)28-14(2)19(24)21-16-9-4-5-10-17(16)25-3/h4-11,14H,12H2,1-3H3,(H,21,24)/t14-/m1/s1. The van der Waals surface area contributed by atoms with Crippen LogP contribution in [0.15, 0.2) is 58.2 Å². The molecular formula is C20H21N3O4S. The summed E-state index contributed by atoms with van der Waals surface area (Å²) in [6.45, 7) is 3.92. The Morgan fingerprint density at radius 3 is 2.82 bits per heavy atom. The van der Waals surface area contributed by atoms with Crippen LogP contribution in [0.4, 0.5) is 5.69 Å². The number of hydrogen-bond acceptors (Lipinski definition) is 7. The molecule has 3 aromatic rings. The summed E-state index contributed by atoms with van der Waals surface area (Å²) in [6.07, 6.45) is 0. The lowest BCUT2D eigenvalue weighted by Crippen LogP contribution is -2.22. The van der Waals surface area contributed by atoms with E-state index in [0.29, 0.717) is 22.6 Å². The van der Waals surface area contributed by atoms with E-state index in [1.54, 1.807) is 26.2 Å². The Labute approximate surface area is 167 Å². The molecule has 1 heterocycles. The second kappa shape index (κ2) is 9.27. The van der Waals surface area contributed by atoms with Gasteiger partial charge in [-0.3, -0.25) is 4.79 Å². The van der Waals surface area contributed by atoms with Crippen LogP contribution in [0.1, 0.15) is 18.4 Å². The Kier molecular flexibility index (Phi) is 6.54. The van der Waals surface area contributed by atoms with Crippen molar-refractivity contribution in [1.82, 2.24) is 10.2 Å². The van der Waals surface area contributed by atoms with Crippen LogP contribution in [0.3, 0.4) is 0 Å². The molecule has 0 spiro atoms. The number of nitrogens with one attached hydrogen (secondary N) is 1. The maximum atomic E-state index is 12.4. The van der Waals surface area contributed by atoms with Crippen molar-refractivity contribution in [3.8, 4) is 11.5 Å². The van der Waals surface area contributed by atoms with E-state index in [2.05, 4.69) is 15.5 Å². The lowest BCUT2D eigenvalue weighted by Gasteiger charge is -2.12. The fourth-order valence-corrected chi connectivity index (χ4v) is 3.08. The number of aryl methyl sites for hydroxylation is 1. The largest absolute Gasteiger partial charge is 0.495 e. The number of hydrogen-bond donors (Lipinski definition) is 1. The summed E-state index contributed by atoms with van der Waals surface area (Å²) in [5, 5.41) is 10.7. The van der Waals surface area contributed by atoms with Crippen molar-refractivity contribution in [2.75, 3.05) is 12.4 Å². The number of rotatable bonds is 8. The maximum absolute atomic E-state index is 12.4. The van der Waals surface area contributed by atoms with E-state index in [-0.39, 0.29) is 12.5 Å². The molecule has 0 aliphatic heterocycles. The number of aromatic nitrogens is 2. The Morgan fingerprint density at radius 2 is 2.04 bits per heavy atom. The summed E-state index contributed by atoms with van der Waals surface area (Å²) < 4.78 is 16.4. The summed E-state index contributed by atoms with van der Waals surface area (Å²) in [7, 11) is 1.56. The molecule has 2 aromatic carbocycles. The highest BCUT2D eigenvalue weighted by atomic mass is 32.2. The minimum Gasteiger partial charge on any atom is -0.495 e. The molecule has 0 bridgehead atoms. The van der Waals surface area contributed by atoms with Crippen LogP contribution < -0.4 is 14.8 Å². The molecule has 8 heteroatoms. The van der Waals surface area contributed by atoms with Crippen LogP contribution >= 0.6 is 11.8 Å². The number of anilines is 1. The van der Waals surface area contributed by atoms with E-state index in [4.69, 9.17) is 13.9 Å². The fraction of sp³-hybridized carbons (Fsp3) is 0.250. The molecule has 3 rings (SSSR count). The van der Waals surface area contributed by atoms with Crippen molar-refractivity contribution in [2.24, 2.45) is 0 Å². The van der Waals surface area contributed by atoms with Gasteiger partial charge in [0.2, 0.25) is 5.91 Å². The van der Waals surface area contributed by atoms with Crippen LogP contribution in [0, 0.1) is 6.92 Å². The number of ether oxygens (including phenoxy) is 2. The molecule has 1 aromatic heterocycles. The first-order valence-corrected chi connectivity index (χ1v) is 9.55. The smallest absolute Gasteiger partial charge is 0.277 e. The number of amides is 1. The topological polar surface area (TPSA) is 86.5 Å². The van der Waals surface area contributed by atoms with E-state index in [0.717, 1.165) is 11.3 Å². The van der Waals surface area contributed by atoms with Gasteiger partial charge in [-0.15, -0.1) is 10.2 Å². The molecule has 1 N–H and O–H groups in total. The van der Waals surface area contributed by atoms with Gasteiger partial charge >= 0.3 is 0 Å². The fourth-order valence-electron chi connectivity index (χ4n) is 2.38. The summed E-state index contributed by atoms with van der Waals surface area (Å²) in [6, 6.07) is 14.9. The van der Waals surface area contributed by atoms with Crippen molar-refractivity contribution in [3.63, 3.8) is 0 Å². The summed E-state index contributed by atoms with van der Waals surface area (Å²) in [5.74, 6) is 1.49. The zero-order chi connectivity index (χ0) is 19.9. The number of thioether (sulfide) groups is 1. The zero-order valence-electron chi connectivity index (χ0n) is 15.8. The SMILES string of the molecule is COc1ccccc1NC(=O)[C@@H](C)Sc1nnc(COc2cccc(C)c2)o1. The second-order valence-electron chi connectivity index (χ2n) is 6.02. The molecule has 1 atom stereocenters. The van der Waals surface area contributed by atoms with E-state index < -0.39 is 5.25 Å². The minimum absolute atomic E-state index is 0.165. The Hall–Kier alpha value is -3.00. The molecule has 0 aliphatic carbocycles. The first kappa shape index (κ1) is 19.8. The molecule has 1 amide bonds. The number of benzene rings is 2. The van der Waals surface area contributed by atoms with Crippen molar-refractivity contribution in [2.45, 2.75) is 30.9 Å². The average Bonchev–Trinajstić information content (AvgIpc) is 3.14. The van der Waals surface area contributed by atoms with Crippen molar-refractivity contribution < 1.29 is 18.7 Å². The van der Waals surface area contributed by atoms with Crippen LogP contribution in [0.25, 0.3) is 0 Å². The van der Waals surface area contributed by atoms with Gasteiger partial charge in [-0.1, -0.05) is 36.0 Å². The first-order chi connectivity index (χ1) is 13.5. The monoisotopic (exact) mass is 399 g/mol. The van der Waals surface area contributed by atoms with Crippen LogP contribution in [-0.2, 0) is 11.4 Å². The predicted octanol–water partition coefficient (Wildman–Crippen LogP) is 4.08. The molecule has 0 unspecified atom stereocenters. The van der Waals surface area contributed by atoms with Crippen molar-refractivity contribution >= 4 is 23.4 Å². The third-order valence-electron chi connectivity index (χ3n) is 3.81. The van der Waals surface area contributed by atoms with Gasteiger partial charge in [0, 0.05) is 0 Å². The average molecular weight is 399 g/mol. The molecule has 0 saturated heterocycles. The van der Waals surface area contributed by atoms with Crippen molar-refractivity contribution in [1.29, 1.82) is 0 Å². The molecule has 28 heavy (non-hydrogen) atoms. The highest BCUT2D eigenvalue weighted by Crippen LogP contribution is 2.27. The van der Waals surface area contributed by atoms with E-state index >= 15 is 0 Å². The van der Waals surface area contributed by atoms with Gasteiger partial charge in [0.05, 0.1) is 18.0 Å². The number of nitrogens with zero attached hydrogens (tertiary/aromatic N) is 2. The summed E-state index contributed by atoms with van der Waals surface area (Å²) in [4.78, 5) is 12.4. The van der Waals surface area contributed by atoms with E-state index in [1.807, 2.05) is 43.3 Å². The Bertz CT molecular complexity index is 944. The quantitative estimate of drug-likeness (QED) is 0.571.